The molecule has 4 rings (SSSR count). The first-order valence-electron chi connectivity index (χ1n) is 6.08. The van der Waals surface area contributed by atoms with E-state index in [1.54, 1.807) is 23.6 Å². The highest BCUT2D eigenvalue weighted by Gasteiger charge is 2.34. The van der Waals surface area contributed by atoms with Crippen molar-refractivity contribution in [2.24, 2.45) is 0 Å². The third kappa shape index (κ3) is 1.38. The van der Waals surface area contributed by atoms with Gasteiger partial charge >= 0.3 is 0 Å². The minimum atomic E-state index is -0.315. The number of anilines is 1. The molecular weight excluding hydrogens is 272 g/mol. The van der Waals surface area contributed by atoms with Gasteiger partial charge in [-0.15, -0.1) is 0 Å². The molecule has 0 bridgehead atoms. The highest BCUT2D eigenvalue weighted by molar-refractivity contribution is 7.03. The lowest BCUT2D eigenvalue weighted by molar-refractivity contribution is 0.0892. The number of carbonyl (C=O) groups excluding carboxylic acids is 2. The SMILES string of the molecule is O=C1c2cccc3cccc(c23)C(=O)N1c1ccsn1. The van der Waals surface area contributed by atoms with E-state index in [1.165, 1.54) is 11.5 Å². The van der Waals surface area contributed by atoms with Gasteiger partial charge in [0.15, 0.2) is 5.82 Å². The molecule has 0 spiro atoms. The Kier molecular flexibility index (Phi) is 2.25. The summed E-state index contributed by atoms with van der Waals surface area (Å²) in [5.41, 5.74) is 1.09. The number of amides is 2. The standard InChI is InChI=1S/C15H8N2O2S/c18-14-10-5-1-3-9-4-2-6-11(13(9)10)15(19)17(14)12-7-8-20-16-12/h1-8H. The quantitative estimate of drug-likeness (QED) is 0.644. The van der Waals surface area contributed by atoms with Crippen LogP contribution in [0.25, 0.3) is 10.8 Å². The van der Waals surface area contributed by atoms with E-state index in [-0.39, 0.29) is 11.8 Å². The molecule has 0 fully saturated rings. The summed E-state index contributed by atoms with van der Waals surface area (Å²) in [5.74, 6) is -0.244. The Morgan fingerprint density at radius 3 is 2.10 bits per heavy atom. The molecule has 2 aromatic carbocycles. The van der Waals surface area contributed by atoms with Gasteiger partial charge in [-0.2, -0.15) is 4.37 Å². The second kappa shape index (κ2) is 3.98. The summed E-state index contributed by atoms with van der Waals surface area (Å²) in [6, 6.07) is 12.6. The average Bonchev–Trinajstić information content (AvgIpc) is 2.99. The molecule has 5 heteroatoms. The fraction of sp³-hybridized carbons (Fsp3) is 0. The van der Waals surface area contributed by atoms with Crippen molar-refractivity contribution in [2.45, 2.75) is 0 Å². The molecule has 0 aliphatic carbocycles. The average molecular weight is 280 g/mol. The lowest BCUT2D eigenvalue weighted by atomic mass is 9.94. The normalized spacial score (nSPS) is 14.1. The van der Waals surface area contributed by atoms with Crippen LogP contribution in [-0.4, -0.2) is 16.2 Å². The van der Waals surface area contributed by atoms with Crippen molar-refractivity contribution in [1.82, 2.24) is 4.37 Å². The van der Waals surface area contributed by atoms with Crippen LogP contribution in [0.1, 0.15) is 20.7 Å². The summed E-state index contributed by atoms with van der Waals surface area (Å²) in [6.07, 6.45) is 0. The molecule has 0 unspecified atom stereocenters. The van der Waals surface area contributed by atoms with E-state index in [2.05, 4.69) is 4.37 Å². The summed E-state index contributed by atoms with van der Waals surface area (Å²) in [7, 11) is 0. The first kappa shape index (κ1) is 11.3. The van der Waals surface area contributed by atoms with Crippen LogP contribution in [0.5, 0.6) is 0 Å². The van der Waals surface area contributed by atoms with Gasteiger partial charge in [0.1, 0.15) is 0 Å². The Balaban J connectivity index is 2.05. The van der Waals surface area contributed by atoms with Crippen molar-refractivity contribution in [3.63, 3.8) is 0 Å². The van der Waals surface area contributed by atoms with Crippen LogP contribution in [0.15, 0.2) is 47.8 Å². The van der Waals surface area contributed by atoms with Gasteiger partial charge < -0.3 is 0 Å². The van der Waals surface area contributed by atoms with Crippen molar-refractivity contribution >= 4 is 39.9 Å². The monoisotopic (exact) mass is 280 g/mol. The van der Waals surface area contributed by atoms with E-state index in [0.29, 0.717) is 16.9 Å². The lowest BCUT2D eigenvalue weighted by Crippen LogP contribution is -2.40. The largest absolute Gasteiger partial charge is 0.268 e. The van der Waals surface area contributed by atoms with Crippen LogP contribution in [-0.2, 0) is 0 Å². The summed E-state index contributed by atoms with van der Waals surface area (Å²) < 4.78 is 4.10. The third-order valence-electron chi connectivity index (χ3n) is 3.43. The van der Waals surface area contributed by atoms with Crippen molar-refractivity contribution in [3.05, 3.63) is 59.0 Å². The number of benzene rings is 2. The number of hydrogen-bond donors (Lipinski definition) is 0. The molecule has 2 heterocycles. The zero-order valence-corrected chi connectivity index (χ0v) is 11.1. The first-order valence-corrected chi connectivity index (χ1v) is 6.92. The van der Waals surface area contributed by atoms with E-state index in [0.717, 1.165) is 15.7 Å². The minimum Gasteiger partial charge on any atom is -0.268 e. The number of rotatable bonds is 1. The Bertz CT molecular complexity index is 805. The van der Waals surface area contributed by atoms with Gasteiger partial charge in [-0.05, 0) is 35.1 Å². The van der Waals surface area contributed by atoms with Crippen LogP contribution in [0.2, 0.25) is 0 Å². The molecule has 96 valence electrons. The first-order chi connectivity index (χ1) is 9.77. The topological polar surface area (TPSA) is 50.3 Å². The van der Waals surface area contributed by atoms with Crippen molar-refractivity contribution < 1.29 is 9.59 Å². The van der Waals surface area contributed by atoms with Crippen molar-refractivity contribution in [3.8, 4) is 0 Å². The second-order valence-electron chi connectivity index (χ2n) is 4.51. The molecule has 0 atom stereocenters. The van der Waals surface area contributed by atoms with E-state index in [1.807, 2.05) is 24.3 Å². The molecule has 1 aromatic heterocycles. The Morgan fingerprint density at radius 2 is 1.55 bits per heavy atom. The number of hydrogen-bond acceptors (Lipinski definition) is 4. The predicted octanol–water partition coefficient (Wildman–Crippen LogP) is 3.10. The Morgan fingerprint density at radius 1 is 0.900 bits per heavy atom. The number of nitrogens with zero attached hydrogens (tertiary/aromatic N) is 2. The fourth-order valence-electron chi connectivity index (χ4n) is 2.56. The van der Waals surface area contributed by atoms with E-state index >= 15 is 0 Å². The van der Waals surface area contributed by atoms with Gasteiger partial charge in [0.2, 0.25) is 0 Å². The molecule has 0 saturated heterocycles. The minimum absolute atomic E-state index is 0.315. The molecule has 3 aromatic rings. The van der Waals surface area contributed by atoms with E-state index in [4.69, 9.17) is 0 Å². The van der Waals surface area contributed by atoms with Crippen LogP contribution in [0.4, 0.5) is 5.82 Å². The molecule has 4 nitrogen and oxygen atoms in total. The van der Waals surface area contributed by atoms with Crippen molar-refractivity contribution in [2.75, 3.05) is 4.90 Å². The lowest BCUT2D eigenvalue weighted by Gasteiger charge is -2.25. The number of aromatic nitrogens is 1. The molecule has 2 amide bonds. The number of carbonyl (C=O) groups is 2. The van der Waals surface area contributed by atoms with E-state index in [9.17, 15) is 9.59 Å². The van der Waals surface area contributed by atoms with Gasteiger partial charge in [0.05, 0.1) is 0 Å². The summed E-state index contributed by atoms with van der Waals surface area (Å²) in [5, 5.41) is 3.38. The maximum atomic E-state index is 12.6. The Hall–Kier alpha value is -2.53. The van der Waals surface area contributed by atoms with Gasteiger partial charge in [-0.25, -0.2) is 4.90 Å². The highest BCUT2D eigenvalue weighted by atomic mass is 32.1. The molecule has 0 saturated carbocycles. The van der Waals surface area contributed by atoms with Gasteiger partial charge in [0.25, 0.3) is 11.8 Å². The molecular formula is C15H8N2O2S. The van der Waals surface area contributed by atoms with Crippen LogP contribution in [0.3, 0.4) is 0 Å². The van der Waals surface area contributed by atoms with Gasteiger partial charge in [0, 0.05) is 21.9 Å². The highest BCUT2D eigenvalue weighted by Crippen LogP contribution is 2.32. The molecule has 1 aliphatic heterocycles. The summed E-state index contributed by atoms with van der Waals surface area (Å²) in [4.78, 5) is 26.3. The third-order valence-corrected chi connectivity index (χ3v) is 3.98. The van der Waals surface area contributed by atoms with Crippen molar-refractivity contribution in [1.29, 1.82) is 0 Å². The molecule has 1 aliphatic rings. The molecule has 20 heavy (non-hydrogen) atoms. The van der Waals surface area contributed by atoms with E-state index < -0.39 is 0 Å². The smallest absolute Gasteiger partial charge is 0.267 e. The molecule has 0 radical (unpaired) electrons. The fourth-order valence-corrected chi connectivity index (χ4v) is 3.05. The van der Waals surface area contributed by atoms with Gasteiger partial charge in [-0.3, -0.25) is 9.59 Å². The van der Waals surface area contributed by atoms with Gasteiger partial charge in [-0.1, -0.05) is 24.3 Å². The zero-order chi connectivity index (χ0) is 13.7. The maximum Gasteiger partial charge on any atom is 0.267 e. The number of imide groups is 1. The molecule has 0 N–H and O–H groups in total. The summed E-state index contributed by atoms with van der Waals surface area (Å²) >= 11 is 1.22. The van der Waals surface area contributed by atoms with Crippen LogP contribution < -0.4 is 4.90 Å². The Labute approximate surface area is 118 Å². The zero-order valence-electron chi connectivity index (χ0n) is 10.2. The second-order valence-corrected chi connectivity index (χ2v) is 5.18. The summed E-state index contributed by atoms with van der Waals surface area (Å²) in [6.45, 7) is 0. The van der Waals surface area contributed by atoms with Crippen LogP contribution in [0, 0.1) is 0 Å². The predicted molar refractivity (Wildman–Crippen MR) is 77.2 cm³/mol. The van der Waals surface area contributed by atoms with Crippen LogP contribution >= 0.6 is 11.5 Å². The maximum absolute atomic E-state index is 12.6.